The Morgan fingerprint density at radius 2 is 1.70 bits per heavy atom. The first-order chi connectivity index (χ1) is 25.2. The molecule has 284 valence electrons. The fourth-order valence-electron chi connectivity index (χ4n) is 6.98. The average Bonchev–Trinajstić information content (AvgIpc) is 3.56. The second-order valence-electron chi connectivity index (χ2n) is 15.1. The number of hydrogen-bond acceptors (Lipinski definition) is 12. The van der Waals surface area contributed by atoms with Gasteiger partial charge in [0.2, 0.25) is 5.95 Å². The van der Waals surface area contributed by atoms with Crippen molar-refractivity contribution in [3.63, 3.8) is 0 Å². The summed E-state index contributed by atoms with van der Waals surface area (Å²) in [5.74, 6) is 1.53. The van der Waals surface area contributed by atoms with E-state index < -0.39 is 12.7 Å². The van der Waals surface area contributed by atoms with Crippen molar-refractivity contribution in [2.24, 2.45) is 0 Å². The molecular formula is C38H53N10O4P. The predicted octanol–water partition coefficient (Wildman–Crippen LogP) is 6.19. The Labute approximate surface area is 312 Å². The molecule has 0 bridgehead atoms. The number of carbonyl (C=O) groups is 1. The highest BCUT2D eigenvalue weighted by atomic mass is 31.2. The molecule has 14 nitrogen and oxygen atoms in total. The van der Waals surface area contributed by atoms with E-state index in [2.05, 4.69) is 54.8 Å². The third-order valence-electron chi connectivity index (χ3n) is 9.68. The summed E-state index contributed by atoms with van der Waals surface area (Å²) >= 11 is 0. The molecule has 0 spiro atoms. The number of aromatic nitrogens is 5. The van der Waals surface area contributed by atoms with Crippen LogP contribution in [-0.2, 0) is 15.7 Å². The molecule has 2 fully saturated rings. The van der Waals surface area contributed by atoms with E-state index in [1.54, 1.807) is 37.5 Å². The van der Waals surface area contributed by atoms with E-state index >= 15 is 0 Å². The fraction of sp³-hybridized carbons (Fsp3) is 0.500. The number of anilines is 5. The van der Waals surface area contributed by atoms with Crippen LogP contribution in [0.3, 0.4) is 0 Å². The van der Waals surface area contributed by atoms with Gasteiger partial charge in [-0.25, -0.2) is 14.5 Å². The number of nitrogens with zero attached hydrogens (tertiary/aromatic N) is 8. The van der Waals surface area contributed by atoms with Crippen LogP contribution in [0.1, 0.15) is 51.8 Å². The molecule has 15 heteroatoms. The summed E-state index contributed by atoms with van der Waals surface area (Å²) in [5, 5.41) is 15.9. The van der Waals surface area contributed by atoms with Gasteiger partial charge in [-0.05, 0) is 84.0 Å². The maximum Gasteiger partial charge on any atom is 0.410 e. The molecule has 4 heterocycles. The van der Waals surface area contributed by atoms with Crippen LogP contribution in [-0.4, -0.2) is 112 Å². The minimum absolute atomic E-state index is 0.222. The standard InChI is InChI=1S/C38H53N10O4P/c1-9-27-22-30(33(51-6)23-31(27)46-16-14-28(15-17-46)45-18-20-47(21-19-45)37(49)52-38(3,4)5)41-36-39-24-32(48-25-26(2)43-44-48)35(42-36)40-29-12-10-11-13-34(29)53(7,8)50/h10-13,22-25,28H,9,14-21H2,1-8H3,(H2,39,40,41,42). The third-order valence-corrected chi connectivity index (χ3v) is 11.2. The van der Waals surface area contributed by atoms with Crippen LogP contribution in [0.2, 0.25) is 0 Å². The number of hydrogen-bond donors (Lipinski definition) is 2. The minimum Gasteiger partial charge on any atom is -0.494 e. The Kier molecular flexibility index (Phi) is 11.3. The molecule has 2 aliphatic heterocycles. The zero-order chi connectivity index (χ0) is 37.9. The van der Waals surface area contributed by atoms with Gasteiger partial charge in [-0.15, -0.1) is 5.10 Å². The van der Waals surface area contributed by atoms with Crippen molar-refractivity contribution in [2.45, 2.75) is 65.5 Å². The van der Waals surface area contributed by atoms with E-state index in [4.69, 9.17) is 14.5 Å². The van der Waals surface area contributed by atoms with Crippen molar-refractivity contribution >= 4 is 47.4 Å². The van der Waals surface area contributed by atoms with Gasteiger partial charge in [-0.3, -0.25) is 4.90 Å². The van der Waals surface area contributed by atoms with Crippen LogP contribution in [0.4, 0.5) is 33.6 Å². The Hall–Kier alpha value is -4.68. The molecule has 6 rings (SSSR count). The molecule has 0 saturated carbocycles. The van der Waals surface area contributed by atoms with Crippen molar-refractivity contribution in [1.82, 2.24) is 34.8 Å². The highest BCUT2D eigenvalue weighted by Crippen LogP contribution is 2.40. The lowest BCUT2D eigenvalue weighted by molar-refractivity contribution is 0.00901. The van der Waals surface area contributed by atoms with Crippen molar-refractivity contribution in [3.8, 4) is 11.4 Å². The van der Waals surface area contributed by atoms with Gasteiger partial charge in [-0.1, -0.05) is 24.3 Å². The number of amides is 1. The van der Waals surface area contributed by atoms with Crippen LogP contribution in [0.15, 0.2) is 48.8 Å². The number of nitrogens with one attached hydrogen (secondary N) is 2. The zero-order valence-corrected chi connectivity index (χ0v) is 33.1. The second-order valence-corrected chi connectivity index (χ2v) is 18.3. The molecule has 0 atom stereocenters. The van der Waals surface area contributed by atoms with Crippen molar-refractivity contribution in [2.75, 3.05) is 75.2 Å². The number of piperazine rings is 1. The first-order valence-electron chi connectivity index (χ1n) is 18.3. The largest absolute Gasteiger partial charge is 0.494 e. The molecule has 2 aromatic carbocycles. The summed E-state index contributed by atoms with van der Waals surface area (Å²) in [7, 11) is -0.923. The minimum atomic E-state index is -2.60. The first kappa shape index (κ1) is 38.1. The van der Waals surface area contributed by atoms with Gasteiger partial charge >= 0.3 is 6.09 Å². The van der Waals surface area contributed by atoms with E-state index in [9.17, 15) is 9.36 Å². The van der Waals surface area contributed by atoms with Crippen molar-refractivity contribution in [1.29, 1.82) is 0 Å². The van der Waals surface area contributed by atoms with E-state index in [-0.39, 0.29) is 6.09 Å². The van der Waals surface area contributed by atoms with Gasteiger partial charge < -0.3 is 34.5 Å². The molecular weight excluding hydrogens is 691 g/mol. The monoisotopic (exact) mass is 744 g/mol. The average molecular weight is 745 g/mol. The Morgan fingerprint density at radius 3 is 2.32 bits per heavy atom. The Morgan fingerprint density at radius 1 is 0.981 bits per heavy atom. The van der Waals surface area contributed by atoms with E-state index in [1.807, 2.05) is 56.9 Å². The lowest BCUT2D eigenvalue weighted by Gasteiger charge is -2.43. The van der Waals surface area contributed by atoms with Crippen LogP contribution >= 0.6 is 7.14 Å². The second kappa shape index (κ2) is 15.7. The smallest absolute Gasteiger partial charge is 0.410 e. The Bertz CT molecular complexity index is 1960. The number of ether oxygens (including phenoxy) is 2. The third kappa shape index (κ3) is 9.10. The number of para-hydroxylation sites is 1. The zero-order valence-electron chi connectivity index (χ0n) is 32.2. The highest BCUT2D eigenvalue weighted by molar-refractivity contribution is 7.70. The predicted molar refractivity (Wildman–Crippen MR) is 211 cm³/mol. The van der Waals surface area contributed by atoms with Crippen LogP contribution in [0.5, 0.6) is 5.75 Å². The van der Waals surface area contributed by atoms with Crippen molar-refractivity contribution < 1.29 is 18.8 Å². The summed E-state index contributed by atoms with van der Waals surface area (Å²) in [6.07, 6.45) is 6.21. The molecule has 2 saturated heterocycles. The molecule has 53 heavy (non-hydrogen) atoms. The molecule has 1 amide bonds. The van der Waals surface area contributed by atoms with Gasteiger partial charge in [0.25, 0.3) is 0 Å². The number of aryl methyl sites for hydroxylation is 2. The SMILES string of the molecule is CCc1cc(Nc2ncc(-n3cc(C)nn3)c(Nc3ccccc3P(C)(C)=O)n2)c(OC)cc1N1CCC(N2CCN(C(=O)OC(C)(C)C)CC2)CC1. The number of benzene rings is 2. The topological polar surface area (TPSA) is 143 Å². The number of carbonyl (C=O) groups excluding carboxylic acids is 1. The van der Waals surface area contributed by atoms with Crippen LogP contribution in [0.25, 0.3) is 5.69 Å². The maximum absolute atomic E-state index is 13.2. The molecule has 2 N–H and O–H groups in total. The molecule has 4 aromatic rings. The van der Waals surface area contributed by atoms with Gasteiger partial charge in [-0.2, -0.15) is 4.98 Å². The van der Waals surface area contributed by atoms with Crippen molar-refractivity contribution in [3.05, 3.63) is 60.0 Å². The summed E-state index contributed by atoms with van der Waals surface area (Å²) in [4.78, 5) is 28.9. The molecule has 2 aromatic heterocycles. The summed E-state index contributed by atoms with van der Waals surface area (Å²) in [6.45, 7) is 18.2. The van der Waals surface area contributed by atoms with E-state index in [0.29, 0.717) is 48.0 Å². The number of piperidine rings is 1. The van der Waals surface area contributed by atoms with Gasteiger partial charge in [0.05, 0.1) is 36.6 Å². The lowest BCUT2D eigenvalue weighted by Crippen LogP contribution is -2.55. The summed E-state index contributed by atoms with van der Waals surface area (Å²) in [5.41, 5.74) is 4.69. The number of methoxy groups -OCH3 is 1. The van der Waals surface area contributed by atoms with Gasteiger partial charge in [0.15, 0.2) is 5.82 Å². The maximum atomic E-state index is 13.2. The van der Waals surface area contributed by atoms with Crippen LogP contribution in [0, 0.1) is 6.92 Å². The number of rotatable bonds is 10. The first-order valence-corrected chi connectivity index (χ1v) is 21.0. The molecule has 0 unspecified atom stereocenters. The lowest BCUT2D eigenvalue weighted by atomic mass is 9.99. The molecule has 2 aliphatic rings. The molecule has 0 aliphatic carbocycles. The normalized spacial score (nSPS) is 16.1. The van der Waals surface area contributed by atoms with Crippen LogP contribution < -0.4 is 25.6 Å². The van der Waals surface area contributed by atoms with E-state index in [1.165, 1.54) is 11.3 Å². The quantitative estimate of drug-likeness (QED) is 0.179. The summed E-state index contributed by atoms with van der Waals surface area (Å²) < 4.78 is 26.3. The fourth-order valence-corrected chi connectivity index (χ4v) is 8.14. The Balaban J connectivity index is 1.18. The summed E-state index contributed by atoms with van der Waals surface area (Å²) in [6, 6.07) is 12.3. The van der Waals surface area contributed by atoms with Gasteiger partial charge in [0, 0.05) is 62.4 Å². The van der Waals surface area contributed by atoms with Gasteiger partial charge in [0.1, 0.15) is 24.2 Å². The molecule has 0 radical (unpaired) electrons. The van der Waals surface area contributed by atoms with E-state index in [0.717, 1.165) is 62.1 Å². The highest BCUT2D eigenvalue weighted by Gasteiger charge is 2.31.